The van der Waals surface area contributed by atoms with Crippen LogP contribution in [0.1, 0.15) is 62.9 Å². The molecule has 0 spiro atoms. The highest BCUT2D eigenvalue weighted by molar-refractivity contribution is 6.01. The molecule has 1 aromatic rings. The minimum atomic E-state index is -0.287. The van der Waals surface area contributed by atoms with E-state index in [1.54, 1.807) is 19.1 Å². The third kappa shape index (κ3) is 6.26. The van der Waals surface area contributed by atoms with Crippen molar-refractivity contribution in [3.63, 3.8) is 0 Å². The average Bonchev–Trinajstić information content (AvgIpc) is 3.11. The van der Waals surface area contributed by atoms with Crippen molar-refractivity contribution in [2.75, 3.05) is 13.2 Å². The molecule has 0 unspecified atom stereocenters. The lowest BCUT2D eigenvalue weighted by molar-refractivity contribution is -0.120. The number of amides is 2. The highest BCUT2D eigenvalue weighted by Gasteiger charge is 2.16. The summed E-state index contributed by atoms with van der Waals surface area (Å²) >= 11 is 0. The molecular weight excluding hydrogens is 330 g/mol. The topological polar surface area (TPSA) is 79.8 Å². The second-order valence-electron chi connectivity index (χ2n) is 7.73. The van der Waals surface area contributed by atoms with Crippen molar-refractivity contribution in [2.24, 2.45) is 5.10 Å². The van der Waals surface area contributed by atoms with Gasteiger partial charge in [0.2, 0.25) is 5.91 Å². The Hall–Kier alpha value is -2.21. The molecule has 2 N–H and O–H groups in total. The molecule has 1 aromatic carbocycles. The first-order valence-electron chi connectivity index (χ1n) is 9.08. The number of carbonyl (C=O) groups excluding carboxylic acids is 2. The fourth-order valence-electron chi connectivity index (χ4n) is 2.70. The normalized spacial score (nSPS) is 17.8. The van der Waals surface area contributed by atoms with Crippen molar-refractivity contribution in [3.8, 4) is 0 Å². The second kappa shape index (κ2) is 8.94. The van der Waals surface area contributed by atoms with Crippen LogP contribution in [0.3, 0.4) is 0 Å². The molecule has 0 radical (unpaired) electrons. The molecule has 142 valence electrons. The van der Waals surface area contributed by atoms with Gasteiger partial charge in [0.25, 0.3) is 5.91 Å². The molecule has 0 saturated carbocycles. The lowest BCUT2D eigenvalue weighted by atomic mass is 9.87. The zero-order valence-corrected chi connectivity index (χ0v) is 16.1. The number of hydrazone groups is 1. The molecule has 2 rings (SSSR count). The van der Waals surface area contributed by atoms with Crippen molar-refractivity contribution in [1.82, 2.24) is 10.7 Å². The van der Waals surface area contributed by atoms with E-state index in [1.165, 1.54) is 0 Å². The largest absolute Gasteiger partial charge is 0.376 e. The number of hydrogen-bond donors (Lipinski definition) is 2. The van der Waals surface area contributed by atoms with E-state index < -0.39 is 0 Å². The van der Waals surface area contributed by atoms with Crippen LogP contribution in [0.15, 0.2) is 29.4 Å². The number of nitrogens with zero attached hydrogens (tertiary/aromatic N) is 1. The van der Waals surface area contributed by atoms with Crippen LogP contribution in [0.5, 0.6) is 0 Å². The molecule has 1 aliphatic heterocycles. The molecule has 2 amide bonds. The first-order valence-corrected chi connectivity index (χ1v) is 9.08. The van der Waals surface area contributed by atoms with E-state index in [2.05, 4.69) is 36.6 Å². The number of benzene rings is 1. The van der Waals surface area contributed by atoms with Crippen LogP contribution in [-0.4, -0.2) is 36.8 Å². The lowest BCUT2D eigenvalue weighted by Gasteiger charge is -2.18. The standard InChI is InChI=1S/C20H29N3O3/c1-14(12-18(24)21-13-17-6-5-11-26-17)22-23-19(25)15-7-9-16(10-8-15)20(2,3)4/h7-10,17H,5-6,11-13H2,1-4H3,(H,21,24)(H,23,25)/b22-14-/t17-/m0/s1. The van der Waals surface area contributed by atoms with Crippen LogP contribution in [0.4, 0.5) is 0 Å². The second-order valence-corrected chi connectivity index (χ2v) is 7.73. The molecule has 1 aliphatic rings. The summed E-state index contributed by atoms with van der Waals surface area (Å²) in [5.74, 6) is -0.407. The molecule has 1 atom stereocenters. The Morgan fingerprint density at radius 2 is 1.92 bits per heavy atom. The van der Waals surface area contributed by atoms with Gasteiger partial charge in [-0.05, 0) is 42.9 Å². The first kappa shape index (κ1) is 20.1. The fourth-order valence-corrected chi connectivity index (χ4v) is 2.70. The highest BCUT2D eigenvalue weighted by atomic mass is 16.5. The third-order valence-corrected chi connectivity index (χ3v) is 4.33. The molecule has 6 nitrogen and oxygen atoms in total. The average molecular weight is 359 g/mol. The van der Waals surface area contributed by atoms with Crippen LogP contribution in [-0.2, 0) is 14.9 Å². The fraction of sp³-hybridized carbons (Fsp3) is 0.550. The van der Waals surface area contributed by atoms with Gasteiger partial charge < -0.3 is 10.1 Å². The summed E-state index contributed by atoms with van der Waals surface area (Å²) in [4.78, 5) is 24.1. The summed E-state index contributed by atoms with van der Waals surface area (Å²) in [5.41, 5.74) is 4.80. The Labute approximate surface area is 155 Å². The molecule has 0 aromatic heterocycles. The summed E-state index contributed by atoms with van der Waals surface area (Å²) < 4.78 is 5.46. The maximum atomic E-state index is 12.2. The SMILES string of the molecule is C/C(CC(=O)NC[C@@H]1CCCO1)=N/NC(=O)c1ccc(C(C)(C)C)cc1. The summed E-state index contributed by atoms with van der Waals surface area (Å²) in [6, 6.07) is 7.47. The van der Waals surface area contributed by atoms with Crippen LogP contribution < -0.4 is 10.7 Å². The van der Waals surface area contributed by atoms with Crippen molar-refractivity contribution in [2.45, 2.75) is 58.5 Å². The van der Waals surface area contributed by atoms with Gasteiger partial charge in [-0.25, -0.2) is 5.43 Å². The number of rotatable bonds is 6. The third-order valence-electron chi connectivity index (χ3n) is 4.33. The van der Waals surface area contributed by atoms with Gasteiger partial charge >= 0.3 is 0 Å². The van der Waals surface area contributed by atoms with Crippen LogP contribution in [0.2, 0.25) is 0 Å². The Balaban J connectivity index is 1.79. The van der Waals surface area contributed by atoms with E-state index in [9.17, 15) is 9.59 Å². The molecule has 0 bridgehead atoms. The van der Waals surface area contributed by atoms with Gasteiger partial charge in [0.15, 0.2) is 0 Å². The molecule has 1 saturated heterocycles. The van der Waals surface area contributed by atoms with Crippen LogP contribution in [0, 0.1) is 0 Å². The van der Waals surface area contributed by atoms with Gasteiger partial charge in [-0.1, -0.05) is 32.9 Å². The van der Waals surface area contributed by atoms with Gasteiger partial charge in [-0.3, -0.25) is 9.59 Å². The Morgan fingerprint density at radius 1 is 1.23 bits per heavy atom. The van der Waals surface area contributed by atoms with E-state index in [1.807, 2.05) is 12.1 Å². The Morgan fingerprint density at radius 3 is 2.50 bits per heavy atom. The zero-order valence-electron chi connectivity index (χ0n) is 16.1. The minimum absolute atomic E-state index is 0.0423. The smallest absolute Gasteiger partial charge is 0.271 e. The summed E-state index contributed by atoms with van der Waals surface area (Å²) in [6.45, 7) is 9.38. The predicted molar refractivity (Wildman–Crippen MR) is 102 cm³/mol. The quantitative estimate of drug-likeness (QED) is 0.605. The predicted octanol–water partition coefficient (Wildman–Crippen LogP) is 2.78. The van der Waals surface area contributed by atoms with E-state index >= 15 is 0 Å². The molecule has 1 heterocycles. The maximum absolute atomic E-state index is 12.2. The molecule has 26 heavy (non-hydrogen) atoms. The van der Waals surface area contributed by atoms with Gasteiger partial charge in [0.1, 0.15) is 0 Å². The molecular formula is C20H29N3O3. The number of hydrogen-bond acceptors (Lipinski definition) is 4. The maximum Gasteiger partial charge on any atom is 0.271 e. The highest BCUT2D eigenvalue weighted by Crippen LogP contribution is 2.22. The Bertz CT molecular complexity index is 654. The minimum Gasteiger partial charge on any atom is -0.376 e. The Kier molecular flexibility index (Phi) is 6.91. The van der Waals surface area contributed by atoms with Crippen molar-refractivity contribution >= 4 is 17.5 Å². The van der Waals surface area contributed by atoms with Gasteiger partial charge in [-0.2, -0.15) is 5.10 Å². The summed E-state index contributed by atoms with van der Waals surface area (Å²) in [5, 5.41) is 6.85. The van der Waals surface area contributed by atoms with E-state index in [0.717, 1.165) is 25.0 Å². The van der Waals surface area contributed by atoms with Crippen molar-refractivity contribution in [1.29, 1.82) is 0 Å². The number of nitrogens with one attached hydrogen (secondary N) is 2. The van der Waals surface area contributed by atoms with E-state index in [0.29, 0.717) is 17.8 Å². The van der Waals surface area contributed by atoms with Gasteiger partial charge in [-0.15, -0.1) is 0 Å². The molecule has 6 heteroatoms. The lowest BCUT2D eigenvalue weighted by Crippen LogP contribution is -2.33. The van der Waals surface area contributed by atoms with Crippen LogP contribution >= 0.6 is 0 Å². The van der Waals surface area contributed by atoms with Crippen LogP contribution in [0.25, 0.3) is 0 Å². The molecule has 0 aliphatic carbocycles. The number of ether oxygens (including phenoxy) is 1. The van der Waals surface area contributed by atoms with E-state index in [4.69, 9.17) is 4.74 Å². The van der Waals surface area contributed by atoms with Gasteiger partial charge in [0, 0.05) is 24.4 Å². The molecule has 1 fully saturated rings. The monoisotopic (exact) mass is 359 g/mol. The van der Waals surface area contributed by atoms with Gasteiger partial charge in [0.05, 0.1) is 12.5 Å². The van der Waals surface area contributed by atoms with Crippen molar-refractivity contribution in [3.05, 3.63) is 35.4 Å². The summed E-state index contributed by atoms with van der Waals surface area (Å²) in [7, 11) is 0. The first-order chi connectivity index (χ1) is 12.3. The summed E-state index contributed by atoms with van der Waals surface area (Å²) in [6.07, 6.45) is 2.30. The zero-order chi connectivity index (χ0) is 19.2. The van der Waals surface area contributed by atoms with Crippen molar-refractivity contribution < 1.29 is 14.3 Å². The van der Waals surface area contributed by atoms with E-state index in [-0.39, 0.29) is 29.8 Å². The number of carbonyl (C=O) groups is 2.